The minimum absolute atomic E-state index is 0.234. The van der Waals surface area contributed by atoms with Gasteiger partial charge < -0.3 is 4.74 Å². The van der Waals surface area contributed by atoms with Crippen LogP contribution in [0, 0.1) is 6.92 Å². The van der Waals surface area contributed by atoms with E-state index in [0.29, 0.717) is 16.4 Å². The lowest BCUT2D eigenvalue weighted by Gasteiger charge is -2.05. The maximum atomic E-state index is 12.7. The van der Waals surface area contributed by atoms with Gasteiger partial charge >= 0.3 is 0 Å². The molecule has 130 valence electrons. The number of thiazole rings is 1. The standard InChI is InChI=1S/C19H16N4O2S/c1-12-14(11-20-23(12)13-7-4-3-5-8-13)18(24)22-19-21-17-15(25-2)9-6-10-16(17)26-19/h3-11H,1-2H3,(H,21,22,24). The number of methoxy groups -OCH3 is 1. The summed E-state index contributed by atoms with van der Waals surface area (Å²) in [6, 6.07) is 15.4. The third kappa shape index (κ3) is 2.82. The zero-order valence-corrected chi connectivity index (χ0v) is 15.1. The van der Waals surface area contributed by atoms with Crippen LogP contribution >= 0.6 is 11.3 Å². The average molecular weight is 364 g/mol. The quantitative estimate of drug-likeness (QED) is 0.593. The summed E-state index contributed by atoms with van der Waals surface area (Å²) >= 11 is 1.41. The largest absolute Gasteiger partial charge is 0.494 e. The number of fused-ring (bicyclic) bond motifs is 1. The number of carbonyl (C=O) groups excluding carboxylic acids is 1. The van der Waals surface area contributed by atoms with E-state index in [9.17, 15) is 4.79 Å². The molecule has 4 aromatic rings. The van der Waals surface area contributed by atoms with E-state index in [1.165, 1.54) is 11.3 Å². The fraction of sp³-hybridized carbons (Fsp3) is 0.105. The van der Waals surface area contributed by atoms with Gasteiger partial charge in [-0.25, -0.2) is 9.67 Å². The van der Waals surface area contributed by atoms with Gasteiger partial charge in [-0.2, -0.15) is 5.10 Å². The molecule has 0 radical (unpaired) electrons. The number of benzene rings is 2. The number of hydrogen-bond donors (Lipinski definition) is 1. The van der Waals surface area contributed by atoms with E-state index in [-0.39, 0.29) is 5.91 Å². The molecule has 7 heteroatoms. The molecule has 6 nitrogen and oxygen atoms in total. The van der Waals surface area contributed by atoms with Crippen LogP contribution in [0.3, 0.4) is 0 Å². The van der Waals surface area contributed by atoms with E-state index >= 15 is 0 Å². The fourth-order valence-corrected chi connectivity index (χ4v) is 3.65. The van der Waals surface area contributed by atoms with Crippen molar-refractivity contribution in [3.63, 3.8) is 0 Å². The topological polar surface area (TPSA) is 69.0 Å². The molecule has 0 saturated heterocycles. The van der Waals surface area contributed by atoms with Crippen molar-refractivity contribution < 1.29 is 9.53 Å². The number of nitrogens with one attached hydrogen (secondary N) is 1. The second-order valence-corrected chi connectivity index (χ2v) is 6.70. The van der Waals surface area contributed by atoms with Crippen molar-refractivity contribution in [2.24, 2.45) is 0 Å². The van der Waals surface area contributed by atoms with Gasteiger partial charge in [0.15, 0.2) is 5.13 Å². The van der Waals surface area contributed by atoms with Crippen molar-refractivity contribution in [1.82, 2.24) is 14.8 Å². The molecule has 0 aliphatic heterocycles. The summed E-state index contributed by atoms with van der Waals surface area (Å²) in [5.41, 5.74) is 2.94. The number of hydrogen-bond acceptors (Lipinski definition) is 5. The first-order valence-corrected chi connectivity index (χ1v) is 8.84. The number of aromatic nitrogens is 3. The van der Waals surface area contributed by atoms with E-state index in [0.717, 1.165) is 21.6 Å². The Morgan fingerprint density at radius 2 is 1.96 bits per heavy atom. The molecule has 0 atom stereocenters. The first-order valence-electron chi connectivity index (χ1n) is 8.02. The molecule has 2 heterocycles. The summed E-state index contributed by atoms with van der Waals surface area (Å²) in [4.78, 5) is 17.2. The molecule has 2 aromatic heterocycles. The number of anilines is 1. The van der Waals surface area contributed by atoms with Gasteiger partial charge in [0.05, 0.1) is 35.0 Å². The van der Waals surface area contributed by atoms with Crippen LogP contribution in [-0.2, 0) is 0 Å². The van der Waals surface area contributed by atoms with Crippen molar-refractivity contribution in [2.45, 2.75) is 6.92 Å². The number of nitrogens with zero attached hydrogens (tertiary/aromatic N) is 3. The van der Waals surface area contributed by atoms with Crippen LogP contribution in [0.2, 0.25) is 0 Å². The monoisotopic (exact) mass is 364 g/mol. The molecular weight excluding hydrogens is 348 g/mol. The lowest BCUT2D eigenvalue weighted by atomic mass is 10.2. The lowest BCUT2D eigenvalue weighted by molar-refractivity contribution is 0.102. The van der Waals surface area contributed by atoms with Gasteiger partial charge in [0, 0.05) is 0 Å². The Kier molecular flexibility index (Phi) is 4.14. The summed E-state index contributed by atoms with van der Waals surface area (Å²) in [7, 11) is 1.60. The Hall–Kier alpha value is -3.19. The molecule has 2 aromatic carbocycles. The highest BCUT2D eigenvalue weighted by Crippen LogP contribution is 2.32. The van der Waals surface area contributed by atoms with Crippen molar-refractivity contribution in [1.29, 1.82) is 0 Å². The molecule has 1 amide bonds. The maximum absolute atomic E-state index is 12.7. The molecule has 1 N–H and O–H groups in total. The van der Waals surface area contributed by atoms with Crippen molar-refractivity contribution in [2.75, 3.05) is 12.4 Å². The Morgan fingerprint density at radius 3 is 2.73 bits per heavy atom. The van der Waals surface area contributed by atoms with Crippen LogP contribution in [0.1, 0.15) is 16.1 Å². The van der Waals surface area contributed by atoms with Crippen LogP contribution < -0.4 is 10.1 Å². The average Bonchev–Trinajstić information content (AvgIpc) is 3.25. The van der Waals surface area contributed by atoms with E-state index < -0.39 is 0 Å². The van der Waals surface area contributed by atoms with Crippen LogP contribution in [-0.4, -0.2) is 27.8 Å². The summed E-state index contributed by atoms with van der Waals surface area (Å²) < 4.78 is 8.02. The van der Waals surface area contributed by atoms with Crippen LogP contribution in [0.15, 0.2) is 54.7 Å². The molecule has 0 aliphatic rings. The van der Waals surface area contributed by atoms with Gasteiger partial charge in [-0.15, -0.1) is 0 Å². The zero-order chi connectivity index (χ0) is 18.1. The molecular formula is C19H16N4O2S. The van der Waals surface area contributed by atoms with Gasteiger partial charge in [0.2, 0.25) is 0 Å². The molecule has 0 aliphatic carbocycles. The number of para-hydroxylation sites is 2. The highest BCUT2D eigenvalue weighted by Gasteiger charge is 2.17. The van der Waals surface area contributed by atoms with Crippen molar-refractivity contribution >= 4 is 32.6 Å². The van der Waals surface area contributed by atoms with E-state index in [4.69, 9.17) is 4.74 Å². The fourth-order valence-electron chi connectivity index (χ4n) is 2.77. The maximum Gasteiger partial charge on any atom is 0.260 e. The number of amides is 1. The van der Waals surface area contributed by atoms with E-state index in [1.807, 2.05) is 55.5 Å². The third-order valence-electron chi connectivity index (χ3n) is 4.08. The first kappa shape index (κ1) is 16.3. The summed E-state index contributed by atoms with van der Waals surface area (Å²) in [5.74, 6) is 0.454. The Morgan fingerprint density at radius 1 is 1.15 bits per heavy atom. The number of rotatable bonds is 4. The second-order valence-electron chi connectivity index (χ2n) is 5.67. The Labute approximate surface area is 154 Å². The minimum Gasteiger partial charge on any atom is -0.494 e. The lowest BCUT2D eigenvalue weighted by Crippen LogP contribution is -2.12. The summed E-state index contributed by atoms with van der Waals surface area (Å²) in [6.45, 7) is 1.87. The first-order chi connectivity index (χ1) is 12.7. The minimum atomic E-state index is -0.234. The number of carbonyl (C=O) groups is 1. The molecule has 0 fully saturated rings. The predicted octanol–water partition coefficient (Wildman–Crippen LogP) is 4.05. The van der Waals surface area contributed by atoms with Gasteiger partial charge in [0.1, 0.15) is 11.3 Å². The number of ether oxygens (including phenoxy) is 1. The molecule has 0 bridgehead atoms. The van der Waals surface area contributed by atoms with Crippen LogP contribution in [0.25, 0.3) is 15.9 Å². The van der Waals surface area contributed by atoms with Crippen molar-refractivity contribution in [3.05, 3.63) is 66.0 Å². The van der Waals surface area contributed by atoms with Crippen molar-refractivity contribution in [3.8, 4) is 11.4 Å². The SMILES string of the molecule is COc1cccc2sc(NC(=O)c3cnn(-c4ccccc4)c3C)nc12. The van der Waals surface area contributed by atoms with E-state index in [1.54, 1.807) is 18.0 Å². The van der Waals surface area contributed by atoms with E-state index in [2.05, 4.69) is 15.4 Å². The second kappa shape index (κ2) is 6.61. The highest BCUT2D eigenvalue weighted by molar-refractivity contribution is 7.22. The summed E-state index contributed by atoms with van der Waals surface area (Å²) in [6.07, 6.45) is 1.57. The predicted molar refractivity (Wildman–Crippen MR) is 102 cm³/mol. The molecule has 0 saturated carbocycles. The Balaban J connectivity index is 1.62. The van der Waals surface area contributed by atoms with Gasteiger partial charge in [-0.1, -0.05) is 35.6 Å². The normalized spacial score (nSPS) is 10.8. The molecule has 26 heavy (non-hydrogen) atoms. The zero-order valence-electron chi connectivity index (χ0n) is 14.3. The Bertz CT molecular complexity index is 1090. The van der Waals surface area contributed by atoms with Gasteiger partial charge in [0.25, 0.3) is 5.91 Å². The molecule has 0 spiro atoms. The summed E-state index contributed by atoms with van der Waals surface area (Å²) in [5, 5.41) is 7.73. The van der Waals surface area contributed by atoms with Crippen LogP contribution in [0.4, 0.5) is 5.13 Å². The molecule has 0 unspecified atom stereocenters. The smallest absolute Gasteiger partial charge is 0.260 e. The van der Waals surface area contributed by atoms with Gasteiger partial charge in [-0.3, -0.25) is 10.1 Å². The molecule has 4 rings (SSSR count). The van der Waals surface area contributed by atoms with Crippen LogP contribution in [0.5, 0.6) is 5.75 Å². The third-order valence-corrected chi connectivity index (χ3v) is 5.01. The highest BCUT2D eigenvalue weighted by atomic mass is 32.1. The van der Waals surface area contributed by atoms with Gasteiger partial charge in [-0.05, 0) is 31.2 Å².